The van der Waals surface area contributed by atoms with Gasteiger partial charge in [-0.1, -0.05) is 66.6 Å². The third-order valence-corrected chi connectivity index (χ3v) is 9.14. The van der Waals surface area contributed by atoms with E-state index in [0.717, 1.165) is 55.9 Å². The molecule has 10 nitrogen and oxygen atoms in total. The smallest absolute Gasteiger partial charge is 0.374 e. The quantitative estimate of drug-likeness (QED) is 0.0336. The van der Waals surface area contributed by atoms with E-state index in [1.807, 2.05) is 84.6 Å². The standard InChI is InChI=1S/C33H32N2O8S2/c1-2-23(21-30-34(17-7-19-44-43-42-36)32-26-11-5-3-9-24(26)13-15-28(32)40-30)22-31-35(18-8-20-45(37,38)39)33-27-12-6-4-10-25(27)14-16-29(33)41-31/h3-6,9-16,21-22H,2,7-8,17-20H2,1H3,(H-,36,37,38,39)/p+1. The molecule has 12 heteroatoms. The van der Waals surface area contributed by atoms with E-state index in [-0.39, 0.29) is 12.2 Å². The van der Waals surface area contributed by atoms with Crippen LogP contribution in [0, 0.1) is 0 Å². The second kappa shape index (κ2) is 13.6. The lowest BCUT2D eigenvalue weighted by Gasteiger charge is -2.19. The van der Waals surface area contributed by atoms with Crippen molar-refractivity contribution in [3.05, 3.63) is 96.2 Å². The van der Waals surface area contributed by atoms with Crippen LogP contribution in [-0.2, 0) is 26.0 Å². The van der Waals surface area contributed by atoms with Crippen molar-refractivity contribution in [2.45, 2.75) is 32.7 Å². The lowest BCUT2D eigenvalue weighted by molar-refractivity contribution is -0.677. The summed E-state index contributed by atoms with van der Waals surface area (Å²) < 4.78 is 52.0. The predicted octanol–water partition coefficient (Wildman–Crippen LogP) is 7.30. The van der Waals surface area contributed by atoms with Crippen LogP contribution >= 0.6 is 12.0 Å². The molecular formula is C33H33N2O8S2+. The number of ether oxygens (including phenoxy) is 1. The third kappa shape index (κ3) is 6.86. The van der Waals surface area contributed by atoms with E-state index in [2.05, 4.69) is 26.1 Å². The minimum Gasteiger partial charge on any atom is -0.439 e. The van der Waals surface area contributed by atoms with Crippen molar-refractivity contribution in [1.82, 2.24) is 0 Å². The number of hydrogen-bond donors (Lipinski definition) is 2. The maximum Gasteiger partial charge on any atom is 0.374 e. The molecule has 0 aliphatic carbocycles. The molecule has 0 amide bonds. The molecule has 0 radical (unpaired) electrons. The molecule has 0 fully saturated rings. The van der Waals surface area contributed by atoms with Gasteiger partial charge in [-0.15, -0.1) is 4.33 Å². The van der Waals surface area contributed by atoms with Crippen LogP contribution in [0.3, 0.4) is 0 Å². The van der Waals surface area contributed by atoms with Crippen LogP contribution in [0.25, 0.3) is 38.7 Å². The first-order valence-corrected chi connectivity index (χ1v) is 17.2. The van der Waals surface area contributed by atoms with E-state index in [0.29, 0.717) is 49.2 Å². The van der Waals surface area contributed by atoms with Crippen molar-refractivity contribution in [2.75, 3.05) is 23.0 Å². The fraction of sp³-hybridized carbons (Fsp3) is 0.242. The van der Waals surface area contributed by atoms with Gasteiger partial charge in [-0.05, 0) is 47.4 Å². The second-order valence-corrected chi connectivity index (χ2v) is 13.0. The van der Waals surface area contributed by atoms with Gasteiger partial charge in [0.15, 0.2) is 12.3 Å². The average Bonchev–Trinajstić information content (AvgIpc) is 3.57. The molecule has 0 saturated carbocycles. The highest BCUT2D eigenvalue weighted by molar-refractivity contribution is 7.94. The van der Waals surface area contributed by atoms with Gasteiger partial charge in [-0.3, -0.25) is 4.55 Å². The van der Waals surface area contributed by atoms with Crippen molar-refractivity contribution in [3.8, 4) is 5.75 Å². The van der Waals surface area contributed by atoms with Gasteiger partial charge in [-0.2, -0.15) is 13.0 Å². The lowest BCUT2D eigenvalue weighted by Crippen LogP contribution is -2.35. The number of benzene rings is 4. The van der Waals surface area contributed by atoms with Gasteiger partial charge < -0.3 is 14.1 Å². The first-order valence-electron chi connectivity index (χ1n) is 14.6. The Morgan fingerprint density at radius 1 is 1.00 bits per heavy atom. The van der Waals surface area contributed by atoms with Gasteiger partial charge in [0, 0.05) is 42.2 Å². The van der Waals surface area contributed by atoms with E-state index in [9.17, 15) is 13.0 Å². The number of anilines is 1. The summed E-state index contributed by atoms with van der Waals surface area (Å²) in [5.41, 5.74) is 3.54. The molecule has 234 valence electrons. The maximum atomic E-state index is 11.5. The van der Waals surface area contributed by atoms with Crippen LogP contribution in [0.1, 0.15) is 32.1 Å². The summed E-state index contributed by atoms with van der Waals surface area (Å²) in [5, 5.41) is 16.4. The predicted molar refractivity (Wildman–Crippen MR) is 175 cm³/mol. The molecule has 6 rings (SSSR count). The molecule has 2 heterocycles. The van der Waals surface area contributed by atoms with E-state index in [1.54, 1.807) is 0 Å². The fourth-order valence-electron chi connectivity index (χ4n) is 5.71. The Morgan fingerprint density at radius 3 is 2.49 bits per heavy atom. The maximum absolute atomic E-state index is 11.5. The van der Waals surface area contributed by atoms with Crippen molar-refractivity contribution in [1.29, 1.82) is 0 Å². The van der Waals surface area contributed by atoms with Crippen molar-refractivity contribution >= 4 is 66.6 Å². The molecule has 1 aliphatic rings. The van der Waals surface area contributed by atoms with Crippen LogP contribution in [0.5, 0.6) is 5.75 Å². The lowest BCUT2D eigenvalue weighted by atomic mass is 10.1. The largest absolute Gasteiger partial charge is 0.439 e. The monoisotopic (exact) mass is 649 g/mol. The van der Waals surface area contributed by atoms with Crippen molar-refractivity contribution in [2.24, 2.45) is 0 Å². The summed E-state index contributed by atoms with van der Waals surface area (Å²) in [6, 6.07) is 24.1. The average molecular weight is 650 g/mol. The molecule has 1 aliphatic heterocycles. The summed E-state index contributed by atoms with van der Waals surface area (Å²) >= 11 is 1.02. The topological polar surface area (TPSA) is 123 Å². The first kappa shape index (κ1) is 31.1. The molecule has 0 unspecified atom stereocenters. The Morgan fingerprint density at radius 2 is 1.73 bits per heavy atom. The third-order valence-electron chi connectivity index (χ3n) is 7.73. The molecule has 45 heavy (non-hydrogen) atoms. The summed E-state index contributed by atoms with van der Waals surface area (Å²) in [7, 11) is -4.11. The number of aryl methyl sites for hydroxylation is 1. The number of aromatic nitrogens is 1. The molecule has 0 bridgehead atoms. The Kier molecular flexibility index (Phi) is 9.40. The number of oxazole rings is 1. The minimum atomic E-state index is -4.11. The van der Waals surface area contributed by atoms with E-state index >= 15 is 0 Å². The Hall–Kier alpha value is -3.91. The van der Waals surface area contributed by atoms with Gasteiger partial charge in [0.2, 0.25) is 11.5 Å². The Balaban J connectivity index is 1.41. The number of rotatable bonds is 13. The Bertz CT molecular complexity index is 2020. The summed E-state index contributed by atoms with van der Waals surface area (Å²) in [6.07, 6.45) is 5.56. The van der Waals surface area contributed by atoms with Crippen molar-refractivity contribution < 1.29 is 41.3 Å². The first-order chi connectivity index (χ1) is 21.9. The Labute approximate surface area is 264 Å². The van der Waals surface area contributed by atoms with Gasteiger partial charge >= 0.3 is 5.89 Å². The molecule has 0 saturated heterocycles. The highest BCUT2D eigenvalue weighted by Crippen LogP contribution is 2.44. The fourth-order valence-corrected chi connectivity index (χ4v) is 6.56. The molecular weight excluding hydrogens is 617 g/mol. The molecule has 0 atom stereocenters. The minimum absolute atomic E-state index is 0.215. The number of fused-ring (bicyclic) bond motifs is 6. The summed E-state index contributed by atoms with van der Waals surface area (Å²) in [4.78, 5) is 1.98. The van der Waals surface area contributed by atoms with Crippen LogP contribution in [-0.4, -0.2) is 36.3 Å². The zero-order valence-electron chi connectivity index (χ0n) is 24.6. The van der Waals surface area contributed by atoms with E-state index in [1.165, 1.54) is 0 Å². The highest BCUT2D eigenvalue weighted by Gasteiger charge is 2.29. The van der Waals surface area contributed by atoms with Crippen LogP contribution in [0.2, 0.25) is 0 Å². The van der Waals surface area contributed by atoms with E-state index < -0.39 is 10.1 Å². The van der Waals surface area contributed by atoms with E-state index in [4.69, 9.17) is 14.4 Å². The zero-order valence-corrected chi connectivity index (χ0v) is 26.2. The van der Waals surface area contributed by atoms with Crippen LogP contribution in [0.15, 0.2) is 94.7 Å². The number of allylic oxidation sites excluding steroid dienone is 2. The summed E-state index contributed by atoms with van der Waals surface area (Å²) in [6.45, 7) is 3.00. The normalized spacial score (nSPS) is 14.6. The van der Waals surface area contributed by atoms with Gasteiger partial charge in [-0.25, -0.2) is 5.26 Å². The van der Waals surface area contributed by atoms with Gasteiger partial charge in [0.05, 0.1) is 22.9 Å². The van der Waals surface area contributed by atoms with Gasteiger partial charge in [0.25, 0.3) is 15.6 Å². The van der Waals surface area contributed by atoms with Crippen molar-refractivity contribution in [3.63, 3.8) is 0 Å². The number of hydrogen-bond acceptors (Lipinski definition) is 9. The molecule has 1 aromatic heterocycles. The molecule has 2 N–H and O–H groups in total. The second-order valence-electron chi connectivity index (χ2n) is 10.6. The number of nitrogens with zero attached hydrogens (tertiary/aromatic N) is 2. The van der Waals surface area contributed by atoms with Crippen LogP contribution < -0.4 is 14.2 Å². The molecule has 5 aromatic rings. The van der Waals surface area contributed by atoms with Gasteiger partial charge in [0.1, 0.15) is 0 Å². The molecule has 0 spiro atoms. The van der Waals surface area contributed by atoms with Crippen LogP contribution in [0.4, 0.5) is 5.69 Å². The molecule has 4 aromatic carbocycles. The zero-order chi connectivity index (χ0) is 31.4. The summed E-state index contributed by atoms with van der Waals surface area (Å²) in [5.74, 6) is 2.14. The highest BCUT2D eigenvalue weighted by atomic mass is 32.2. The SMILES string of the molecule is CCC(/C=C1\Oc2ccc3ccccc3c2N1CCCS(=O)(=O)O)=C\c1oc2ccc3ccccc3c2[n+]1CCCSOOO.